The zero-order valence-corrected chi connectivity index (χ0v) is 14.3. The standard InChI is InChI=1S/C16H26O8/c1-4-6-8-15(9-7-5-2,14(22)24-11(3)17)16(23,13(20)21)10-12(18)19/h23H,4-10H2,1-3H3,(H,18,19)(H,20,21). The minimum Gasteiger partial charge on any atom is -0.481 e. The van der Waals surface area contributed by atoms with Gasteiger partial charge in [0.25, 0.3) is 0 Å². The van der Waals surface area contributed by atoms with Crippen molar-refractivity contribution < 1.29 is 39.2 Å². The summed E-state index contributed by atoms with van der Waals surface area (Å²) >= 11 is 0. The topological polar surface area (TPSA) is 138 Å². The molecule has 0 heterocycles. The summed E-state index contributed by atoms with van der Waals surface area (Å²) in [6.45, 7) is 4.59. The van der Waals surface area contributed by atoms with Gasteiger partial charge in [0, 0.05) is 6.92 Å². The number of hydrogen-bond donors (Lipinski definition) is 3. The lowest BCUT2D eigenvalue weighted by molar-refractivity contribution is -0.200. The van der Waals surface area contributed by atoms with Crippen molar-refractivity contribution in [1.29, 1.82) is 0 Å². The summed E-state index contributed by atoms with van der Waals surface area (Å²) in [4.78, 5) is 46.6. The van der Waals surface area contributed by atoms with Crippen LogP contribution in [-0.4, -0.2) is 44.8 Å². The smallest absolute Gasteiger partial charge is 0.337 e. The molecule has 1 unspecified atom stereocenters. The molecule has 0 fully saturated rings. The van der Waals surface area contributed by atoms with Crippen LogP contribution in [0.2, 0.25) is 0 Å². The van der Waals surface area contributed by atoms with Gasteiger partial charge in [-0.05, 0) is 12.8 Å². The zero-order valence-electron chi connectivity index (χ0n) is 14.3. The molecular formula is C16H26O8. The van der Waals surface area contributed by atoms with E-state index in [0.29, 0.717) is 25.7 Å². The largest absolute Gasteiger partial charge is 0.481 e. The number of carboxylic acid groups (broad SMARTS) is 2. The zero-order chi connectivity index (χ0) is 19.0. The van der Waals surface area contributed by atoms with E-state index in [-0.39, 0.29) is 12.8 Å². The molecule has 138 valence electrons. The number of carbonyl (C=O) groups excluding carboxylic acids is 2. The normalized spacial score (nSPS) is 13.8. The molecule has 0 spiro atoms. The lowest BCUT2D eigenvalue weighted by Gasteiger charge is -2.41. The van der Waals surface area contributed by atoms with Gasteiger partial charge in [0.05, 0.1) is 6.42 Å². The molecule has 0 aliphatic heterocycles. The van der Waals surface area contributed by atoms with E-state index in [4.69, 9.17) is 5.11 Å². The highest BCUT2D eigenvalue weighted by atomic mass is 16.6. The molecule has 8 nitrogen and oxygen atoms in total. The van der Waals surface area contributed by atoms with Crippen molar-refractivity contribution >= 4 is 23.9 Å². The van der Waals surface area contributed by atoms with Gasteiger partial charge in [-0.3, -0.25) is 14.4 Å². The van der Waals surface area contributed by atoms with Gasteiger partial charge in [-0.15, -0.1) is 0 Å². The van der Waals surface area contributed by atoms with Crippen molar-refractivity contribution in [3.05, 3.63) is 0 Å². The van der Waals surface area contributed by atoms with Crippen LogP contribution in [0.1, 0.15) is 65.7 Å². The van der Waals surface area contributed by atoms with Gasteiger partial charge < -0.3 is 20.1 Å². The average molecular weight is 346 g/mol. The van der Waals surface area contributed by atoms with Gasteiger partial charge in [0.15, 0.2) is 5.60 Å². The summed E-state index contributed by atoms with van der Waals surface area (Å²) in [5, 5.41) is 29.2. The van der Waals surface area contributed by atoms with Crippen LogP contribution in [0.15, 0.2) is 0 Å². The minimum atomic E-state index is -2.87. The third-order valence-corrected chi connectivity index (χ3v) is 4.09. The maximum absolute atomic E-state index is 12.6. The quantitative estimate of drug-likeness (QED) is 0.380. The van der Waals surface area contributed by atoms with E-state index < -0.39 is 41.3 Å². The Hall–Kier alpha value is -1.96. The second-order valence-corrected chi connectivity index (χ2v) is 5.91. The van der Waals surface area contributed by atoms with Crippen LogP contribution < -0.4 is 0 Å². The second-order valence-electron chi connectivity index (χ2n) is 5.91. The molecule has 0 aromatic carbocycles. The molecule has 24 heavy (non-hydrogen) atoms. The number of carbonyl (C=O) groups is 4. The molecule has 0 aromatic heterocycles. The third-order valence-electron chi connectivity index (χ3n) is 4.09. The number of unbranched alkanes of at least 4 members (excludes halogenated alkanes) is 2. The number of rotatable bonds is 11. The maximum atomic E-state index is 12.6. The van der Waals surface area contributed by atoms with E-state index in [1.54, 1.807) is 13.8 Å². The summed E-state index contributed by atoms with van der Waals surface area (Å²) in [5.41, 5.74) is -4.87. The molecule has 0 saturated carbocycles. The Morgan fingerprint density at radius 2 is 1.42 bits per heavy atom. The first-order chi connectivity index (χ1) is 11.1. The number of hydrogen-bond acceptors (Lipinski definition) is 6. The van der Waals surface area contributed by atoms with Gasteiger partial charge in [0.1, 0.15) is 5.41 Å². The number of carboxylic acids is 2. The van der Waals surface area contributed by atoms with Gasteiger partial charge >= 0.3 is 23.9 Å². The van der Waals surface area contributed by atoms with Crippen molar-refractivity contribution in [3.63, 3.8) is 0 Å². The minimum absolute atomic E-state index is 0.0916. The Balaban J connectivity index is 6.24. The molecule has 0 radical (unpaired) electrons. The summed E-state index contributed by atoms with van der Waals surface area (Å²) in [6, 6.07) is 0. The van der Waals surface area contributed by atoms with E-state index in [0.717, 1.165) is 6.92 Å². The van der Waals surface area contributed by atoms with E-state index in [9.17, 15) is 29.4 Å². The lowest BCUT2D eigenvalue weighted by Crippen LogP contribution is -2.60. The van der Waals surface area contributed by atoms with Crippen molar-refractivity contribution in [2.75, 3.05) is 0 Å². The molecule has 0 bridgehead atoms. The number of ether oxygens (including phenoxy) is 1. The summed E-state index contributed by atoms with van der Waals surface area (Å²) < 4.78 is 4.59. The third kappa shape index (κ3) is 5.02. The molecule has 1 atom stereocenters. The predicted octanol–water partition coefficient (Wildman–Crippen LogP) is 1.73. The van der Waals surface area contributed by atoms with Crippen molar-refractivity contribution in [2.45, 2.75) is 71.3 Å². The molecule has 0 amide bonds. The first kappa shape index (κ1) is 22.0. The van der Waals surface area contributed by atoms with Crippen molar-refractivity contribution in [3.8, 4) is 0 Å². The summed E-state index contributed by atoms with van der Waals surface area (Å²) in [6.07, 6.45) is 0.562. The fraction of sp³-hybridized carbons (Fsp3) is 0.750. The Morgan fingerprint density at radius 1 is 0.958 bits per heavy atom. The Labute approximate surface area is 140 Å². The first-order valence-corrected chi connectivity index (χ1v) is 7.97. The van der Waals surface area contributed by atoms with Crippen LogP contribution >= 0.6 is 0 Å². The predicted molar refractivity (Wildman–Crippen MR) is 83.1 cm³/mol. The molecule has 0 rings (SSSR count). The highest BCUT2D eigenvalue weighted by molar-refractivity contribution is 5.96. The summed E-state index contributed by atoms with van der Waals surface area (Å²) in [7, 11) is 0. The monoisotopic (exact) mass is 346 g/mol. The highest BCUT2D eigenvalue weighted by Crippen LogP contribution is 2.45. The molecule has 0 aliphatic rings. The van der Waals surface area contributed by atoms with Crippen LogP contribution in [0.4, 0.5) is 0 Å². The van der Waals surface area contributed by atoms with E-state index in [1.807, 2.05) is 0 Å². The average Bonchev–Trinajstić information content (AvgIpc) is 2.45. The van der Waals surface area contributed by atoms with Crippen LogP contribution in [0.25, 0.3) is 0 Å². The van der Waals surface area contributed by atoms with Gasteiger partial charge in [0.2, 0.25) is 0 Å². The van der Waals surface area contributed by atoms with Crippen molar-refractivity contribution in [1.82, 2.24) is 0 Å². The second kappa shape index (κ2) is 9.36. The highest BCUT2D eigenvalue weighted by Gasteiger charge is 2.61. The molecule has 0 saturated heterocycles. The summed E-state index contributed by atoms with van der Waals surface area (Å²) in [5.74, 6) is -5.52. The van der Waals surface area contributed by atoms with Gasteiger partial charge in [-0.25, -0.2) is 4.79 Å². The van der Waals surface area contributed by atoms with Gasteiger partial charge in [-0.1, -0.05) is 39.5 Å². The molecule has 8 heteroatoms. The van der Waals surface area contributed by atoms with Crippen LogP contribution in [-0.2, 0) is 23.9 Å². The van der Waals surface area contributed by atoms with Crippen LogP contribution in [0.5, 0.6) is 0 Å². The number of esters is 2. The molecule has 0 aromatic rings. The van der Waals surface area contributed by atoms with Crippen LogP contribution in [0, 0.1) is 5.41 Å². The molecule has 0 aliphatic carbocycles. The Kier molecular flexibility index (Phi) is 8.60. The molecular weight excluding hydrogens is 320 g/mol. The first-order valence-electron chi connectivity index (χ1n) is 7.97. The SMILES string of the molecule is CCCCC(CCCC)(C(=O)OC(C)=O)C(O)(CC(=O)O)C(=O)O. The maximum Gasteiger partial charge on any atom is 0.337 e. The van der Waals surface area contributed by atoms with E-state index in [1.165, 1.54) is 0 Å². The van der Waals surface area contributed by atoms with Crippen molar-refractivity contribution in [2.24, 2.45) is 5.41 Å². The fourth-order valence-corrected chi connectivity index (χ4v) is 2.77. The van der Waals surface area contributed by atoms with E-state index in [2.05, 4.69) is 4.74 Å². The Bertz CT molecular complexity index is 476. The lowest BCUT2D eigenvalue weighted by atomic mass is 9.64. The fourth-order valence-electron chi connectivity index (χ4n) is 2.77. The number of aliphatic carboxylic acids is 2. The van der Waals surface area contributed by atoms with Crippen LogP contribution in [0.3, 0.4) is 0 Å². The van der Waals surface area contributed by atoms with E-state index >= 15 is 0 Å². The Morgan fingerprint density at radius 3 is 1.71 bits per heavy atom. The van der Waals surface area contributed by atoms with Gasteiger partial charge in [-0.2, -0.15) is 0 Å². The molecule has 3 N–H and O–H groups in total. The number of aliphatic hydroxyl groups is 1.